The lowest BCUT2D eigenvalue weighted by Gasteiger charge is -2.04. The summed E-state index contributed by atoms with van der Waals surface area (Å²) in [5, 5.41) is 5.92. The molecule has 0 radical (unpaired) electrons. The molecule has 0 aliphatic carbocycles. The van der Waals surface area contributed by atoms with Crippen LogP contribution in [-0.2, 0) is 0 Å². The van der Waals surface area contributed by atoms with Gasteiger partial charge in [0.05, 0.1) is 25.4 Å². The maximum absolute atomic E-state index is 6.41. The number of nitrogens with zero attached hydrogens (tertiary/aromatic N) is 2. The lowest BCUT2D eigenvalue weighted by molar-refractivity contribution is 0.414. The van der Waals surface area contributed by atoms with Crippen LogP contribution in [0.3, 0.4) is 0 Å². The van der Waals surface area contributed by atoms with Crippen molar-refractivity contribution in [3.63, 3.8) is 0 Å². The summed E-state index contributed by atoms with van der Waals surface area (Å²) in [4.78, 5) is 0. The van der Waals surface area contributed by atoms with Crippen molar-refractivity contribution in [1.82, 2.24) is 9.78 Å². The van der Waals surface area contributed by atoms with Gasteiger partial charge < -0.3 is 9.47 Å². The van der Waals surface area contributed by atoms with Gasteiger partial charge in [-0.1, -0.05) is 11.6 Å². The van der Waals surface area contributed by atoms with Gasteiger partial charge in [-0.05, 0) is 42.5 Å². The van der Waals surface area contributed by atoms with Crippen molar-refractivity contribution in [1.29, 1.82) is 0 Å². The van der Waals surface area contributed by atoms with Crippen LogP contribution in [0.4, 0.5) is 0 Å². The van der Waals surface area contributed by atoms with Crippen molar-refractivity contribution < 1.29 is 9.47 Å². The quantitative estimate of drug-likeness (QED) is 0.737. The number of hydrogen-bond donors (Lipinski definition) is 0. The van der Waals surface area contributed by atoms with Crippen LogP contribution < -0.4 is 9.47 Å². The van der Waals surface area contributed by atoms with E-state index < -0.39 is 0 Å². The predicted molar refractivity (Wildman–Crippen MR) is 79.2 cm³/mol. The van der Waals surface area contributed by atoms with Crippen LogP contribution in [0.5, 0.6) is 11.5 Å². The molecular weight excluding hydrogens is 276 g/mol. The van der Waals surface area contributed by atoms with E-state index in [0.29, 0.717) is 5.15 Å². The first kappa shape index (κ1) is 12.8. The summed E-state index contributed by atoms with van der Waals surface area (Å²) < 4.78 is 12.1. The van der Waals surface area contributed by atoms with Gasteiger partial charge in [0.25, 0.3) is 0 Å². The molecule has 2 aromatic carbocycles. The van der Waals surface area contributed by atoms with E-state index in [1.165, 1.54) is 0 Å². The Bertz CT molecular complexity index is 750. The molecule has 0 atom stereocenters. The third kappa shape index (κ3) is 2.08. The van der Waals surface area contributed by atoms with Crippen molar-refractivity contribution in [2.24, 2.45) is 0 Å². The fraction of sp³-hybridized carbons (Fsp3) is 0.133. The highest BCUT2D eigenvalue weighted by atomic mass is 35.5. The first-order chi connectivity index (χ1) is 9.72. The van der Waals surface area contributed by atoms with Gasteiger partial charge in [-0.15, -0.1) is 0 Å². The molecule has 3 aromatic rings. The fourth-order valence-electron chi connectivity index (χ4n) is 2.05. The Morgan fingerprint density at radius 1 is 0.950 bits per heavy atom. The molecule has 20 heavy (non-hydrogen) atoms. The van der Waals surface area contributed by atoms with E-state index in [1.54, 1.807) is 18.9 Å². The summed E-state index contributed by atoms with van der Waals surface area (Å²) in [6.45, 7) is 0. The van der Waals surface area contributed by atoms with Gasteiger partial charge in [0, 0.05) is 5.39 Å². The summed E-state index contributed by atoms with van der Waals surface area (Å²) in [5.41, 5.74) is 1.71. The molecule has 0 N–H and O–H groups in total. The Morgan fingerprint density at radius 3 is 2.25 bits per heavy atom. The number of benzene rings is 2. The first-order valence-corrected chi connectivity index (χ1v) is 6.47. The van der Waals surface area contributed by atoms with Gasteiger partial charge in [-0.3, -0.25) is 0 Å². The third-order valence-corrected chi connectivity index (χ3v) is 3.50. The highest BCUT2D eigenvalue weighted by molar-refractivity contribution is 6.34. The largest absolute Gasteiger partial charge is 0.497 e. The van der Waals surface area contributed by atoms with Gasteiger partial charge in [-0.25, -0.2) is 4.68 Å². The SMILES string of the molecule is COc1ccc(-n2nc3ccc(OC)cc3c2Cl)cc1. The zero-order chi connectivity index (χ0) is 14.1. The molecule has 4 nitrogen and oxygen atoms in total. The number of hydrogen-bond acceptors (Lipinski definition) is 3. The fourth-order valence-corrected chi connectivity index (χ4v) is 2.34. The number of rotatable bonds is 3. The molecule has 0 aliphatic heterocycles. The summed E-state index contributed by atoms with van der Waals surface area (Å²) in [7, 11) is 3.26. The zero-order valence-electron chi connectivity index (χ0n) is 11.1. The standard InChI is InChI=1S/C15H13ClN2O2/c1-19-11-5-3-10(4-6-11)18-15(16)13-9-12(20-2)7-8-14(13)17-18/h3-9H,1-2H3. The maximum atomic E-state index is 6.41. The van der Waals surface area contributed by atoms with E-state index in [-0.39, 0.29) is 0 Å². The number of ether oxygens (including phenoxy) is 2. The lowest BCUT2D eigenvalue weighted by Crippen LogP contribution is -1.96. The van der Waals surface area contributed by atoms with Gasteiger partial charge in [0.2, 0.25) is 0 Å². The molecule has 0 amide bonds. The van der Waals surface area contributed by atoms with Crippen LogP contribution in [0.1, 0.15) is 0 Å². The molecule has 0 unspecified atom stereocenters. The molecule has 0 aliphatic rings. The van der Waals surface area contributed by atoms with E-state index >= 15 is 0 Å². The number of methoxy groups -OCH3 is 2. The highest BCUT2D eigenvalue weighted by Crippen LogP contribution is 2.29. The van der Waals surface area contributed by atoms with Crippen molar-refractivity contribution in [3.8, 4) is 17.2 Å². The minimum Gasteiger partial charge on any atom is -0.497 e. The van der Waals surface area contributed by atoms with Crippen LogP contribution in [0, 0.1) is 0 Å². The number of fused-ring (bicyclic) bond motifs is 1. The predicted octanol–water partition coefficient (Wildman–Crippen LogP) is 3.70. The van der Waals surface area contributed by atoms with Crippen LogP contribution in [0.25, 0.3) is 16.6 Å². The van der Waals surface area contributed by atoms with Gasteiger partial charge in [-0.2, -0.15) is 5.10 Å². The minimum atomic E-state index is 0.559. The van der Waals surface area contributed by atoms with Crippen molar-refractivity contribution in [2.75, 3.05) is 14.2 Å². The Labute approximate surface area is 121 Å². The lowest BCUT2D eigenvalue weighted by atomic mass is 10.2. The van der Waals surface area contributed by atoms with Crippen LogP contribution in [-0.4, -0.2) is 24.0 Å². The topological polar surface area (TPSA) is 36.3 Å². The van der Waals surface area contributed by atoms with Gasteiger partial charge in [0.1, 0.15) is 16.7 Å². The summed E-state index contributed by atoms with van der Waals surface area (Å²) in [5.74, 6) is 1.55. The molecule has 0 fully saturated rings. The first-order valence-electron chi connectivity index (χ1n) is 6.09. The molecule has 3 rings (SSSR count). The zero-order valence-corrected chi connectivity index (χ0v) is 11.9. The molecule has 0 spiro atoms. The molecule has 0 saturated heterocycles. The Morgan fingerprint density at radius 2 is 1.60 bits per heavy atom. The minimum absolute atomic E-state index is 0.559. The maximum Gasteiger partial charge on any atom is 0.140 e. The second-order valence-corrected chi connectivity index (χ2v) is 4.64. The molecule has 1 aromatic heterocycles. The van der Waals surface area contributed by atoms with E-state index in [0.717, 1.165) is 28.1 Å². The van der Waals surface area contributed by atoms with Gasteiger partial charge >= 0.3 is 0 Å². The molecular formula is C15H13ClN2O2. The van der Waals surface area contributed by atoms with Crippen molar-refractivity contribution in [2.45, 2.75) is 0 Å². The molecule has 0 bridgehead atoms. The average molecular weight is 289 g/mol. The van der Waals surface area contributed by atoms with E-state index in [4.69, 9.17) is 21.1 Å². The molecule has 5 heteroatoms. The van der Waals surface area contributed by atoms with Crippen molar-refractivity contribution in [3.05, 3.63) is 47.6 Å². The molecule has 1 heterocycles. The Balaban J connectivity index is 2.13. The summed E-state index contributed by atoms with van der Waals surface area (Å²) in [6, 6.07) is 13.2. The van der Waals surface area contributed by atoms with Crippen molar-refractivity contribution >= 4 is 22.5 Å². The van der Waals surface area contributed by atoms with E-state index in [2.05, 4.69) is 5.10 Å². The Hall–Kier alpha value is -2.20. The summed E-state index contributed by atoms with van der Waals surface area (Å²) >= 11 is 6.41. The second kappa shape index (κ2) is 5.06. The highest BCUT2D eigenvalue weighted by Gasteiger charge is 2.11. The van der Waals surface area contributed by atoms with Crippen LogP contribution in [0.2, 0.25) is 5.15 Å². The number of aromatic nitrogens is 2. The summed E-state index contributed by atoms with van der Waals surface area (Å²) in [6.07, 6.45) is 0. The Kier molecular flexibility index (Phi) is 3.24. The normalized spacial score (nSPS) is 10.8. The van der Waals surface area contributed by atoms with Gasteiger partial charge in [0.15, 0.2) is 0 Å². The second-order valence-electron chi connectivity index (χ2n) is 4.28. The molecule has 0 saturated carbocycles. The molecule has 102 valence electrons. The van der Waals surface area contributed by atoms with Crippen LogP contribution in [0.15, 0.2) is 42.5 Å². The monoisotopic (exact) mass is 288 g/mol. The van der Waals surface area contributed by atoms with Crippen LogP contribution >= 0.6 is 11.6 Å². The van der Waals surface area contributed by atoms with E-state index in [9.17, 15) is 0 Å². The van der Waals surface area contributed by atoms with E-state index in [1.807, 2.05) is 42.5 Å². The third-order valence-electron chi connectivity index (χ3n) is 3.14. The number of halogens is 1. The smallest absolute Gasteiger partial charge is 0.140 e. The average Bonchev–Trinajstić information content (AvgIpc) is 2.84.